The second-order valence-corrected chi connectivity index (χ2v) is 12.4. The summed E-state index contributed by atoms with van der Waals surface area (Å²) < 4.78 is 23.9. The Kier molecular flexibility index (Phi) is 7.94. The predicted molar refractivity (Wildman–Crippen MR) is 169 cm³/mol. The largest absolute Gasteiger partial charge is 0.507 e. The maximum absolute atomic E-state index is 13.8. The van der Waals surface area contributed by atoms with E-state index in [1.54, 1.807) is 43.5 Å². The molecule has 44 heavy (non-hydrogen) atoms. The number of rotatable bonds is 8. The number of thiazole rings is 1. The molecule has 228 valence electrons. The van der Waals surface area contributed by atoms with E-state index in [9.17, 15) is 14.7 Å². The summed E-state index contributed by atoms with van der Waals surface area (Å²) in [5.74, 6) is 0.553. The lowest BCUT2D eigenvalue weighted by atomic mass is 9.95. The van der Waals surface area contributed by atoms with E-state index >= 15 is 0 Å². The number of hydrogen-bond acceptors (Lipinski definition) is 9. The Labute approximate surface area is 259 Å². The highest BCUT2D eigenvalue weighted by atomic mass is 32.1. The summed E-state index contributed by atoms with van der Waals surface area (Å²) in [6.45, 7) is 9.52. The van der Waals surface area contributed by atoms with Crippen LogP contribution in [0.4, 0.5) is 5.13 Å². The van der Waals surface area contributed by atoms with Crippen molar-refractivity contribution in [2.45, 2.75) is 40.2 Å². The molecule has 1 amide bonds. The molecule has 10 heteroatoms. The first-order valence-corrected chi connectivity index (χ1v) is 15.4. The van der Waals surface area contributed by atoms with Gasteiger partial charge in [0.2, 0.25) is 0 Å². The highest BCUT2D eigenvalue weighted by Crippen LogP contribution is 2.47. The molecule has 1 atom stereocenters. The van der Waals surface area contributed by atoms with Crippen LogP contribution in [-0.4, -0.2) is 48.7 Å². The second-order valence-electron chi connectivity index (χ2n) is 11.4. The fraction of sp³-hybridized carbons (Fsp3) is 0.324. The summed E-state index contributed by atoms with van der Waals surface area (Å²) in [6.07, 6.45) is 0.872. The van der Waals surface area contributed by atoms with E-state index in [1.807, 2.05) is 26.0 Å². The van der Waals surface area contributed by atoms with Gasteiger partial charge in [0.1, 0.15) is 19.0 Å². The van der Waals surface area contributed by atoms with E-state index in [0.717, 1.165) is 27.8 Å². The van der Waals surface area contributed by atoms with Gasteiger partial charge in [-0.15, -0.1) is 0 Å². The molecule has 1 saturated heterocycles. The number of aliphatic hydroxyl groups excluding tert-OH is 1. The third-order valence-corrected chi connectivity index (χ3v) is 8.74. The Hall–Kier alpha value is -4.57. The molecule has 9 nitrogen and oxygen atoms in total. The standard InChI is InChI=1S/C34H34N2O7S/c1-18(2)10-11-41-23-8-6-21(16-25(23)40-5)30-28(31(37)22-7-9-24-26(17-22)43-13-12-42-24)32(38)33(39)36(30)34-35-29-20(4)14-19(3)15-27(29)44-34/h6-9,14-18,30,37H,10-13H2,1-5H3/b31-28+/t30-/m0/s1. The fourth-order valence-corrected chi connectivity index (χ4v) is 6.70. The summed E-state index contributed by atoms with van der Waals surface area (Å²) in [7, 11) is 1.54. The van der Waals surface area contributed by atoms with Crippen molar-refractivity contribution in [3.05, 3.63) is 76.4 Å². The molecule has 2 aliphatic rings. The molecule has 0 saturated carbocycles. The minimum absolute atomic E-state index is 0.0608. The van der Waals surface area contributed by atoms with Gasteiger partial charge in [-0.3, -0.25) is 14.5 Å². The van der Waals surface area contributed by atoms with E-state index in [0.29, 0.717) is 65.0 Å². The first kappa shape index (κ1) is 29.5. The SMILES string of the molecule is COc1cc([C@H]2/C(=C(\O)c3ccc4c(c3)OCCO4)C(=O)C(=O)N2c2nc3c(C)cc(C)cc3s2)ccc1OCCC(C)C. The van der Waals surface area contributed by atoms with Crippen LogP contribution in [0.2, 0.25) is 0 Å². The van der Waals surface area contributed by atoms with Crippen LogP contribution < -0.4 is 23.8 Å². The number of amides is 1. The maximum Gasteiger partial charge on any atom is 0.301 e. The second kappa shape index (κ2) is 11.8. The van der Waals surface area contributed by atoms with Gasteiger partial charge in [0.25, 0.3) is 5.78 Å². The van der Waals surface area contributed by atoms with Crippen LogP contribution in [0.15, 0.2) is 54.1 Å². The molecule has 1 fully saturated rings. The number of methoxy groups -OCH3 is 1. The van der Waals surface area contributed by atoms with E-state index in [2.05, 4.69) is 13.8 Å². The molecule has 3 heterocycles. The summed E-state index contributed by atoms with van der Waals surface area (Å²) in [5, 5.41) is 12.0. The van der Waals surface area contributed by atoms with Gasteiger partial charge in [0, 0.05) is 5.56 Å². The summed E-state index contributed by atoms with van der Waals surface area (Å²) in [4.78, 5) is 33.8. The molecule has 1 N–H and O–H groups in total. The van der Waals surface area contributed by atoms with E-state index in [-0.39, 0.29) is 11.3 Å². The van der Waals surface area contributed by atoms with E-state index < -0.39 is 17.7 Å². The number of ketones is 1. The quantitative estimate of drug-likeness (QED) is 0.132. The van der Waals surface area contributed by atoms with Crippen molar-refractivity contribution >= 4 is 44.1 Å². The summed E-state index contributed by atoms with van der Waals surface area (Å²) >= 11 is 1.33. The van der Waals surface area contributed by atoms with Crippen molar-refractivity contribution < 1.29 is 33.6 Å². The third-order valence-electron chi connectivity index (χ3n) is 7.74. The Morgan fingerprint density at radius 3 is 2.57 bits per heavy atom. The van der Waals surface area contributed by atoms with Crippen molar-refractivity contribution in [2.75, 3.05) is 31.8 Å². The zero-order valence-corrected chi connectivity index (χ0v) is 26.1. The lowest BCUT2D eigenvalue weighted by Crippen LogP contribution is -2.29. The Balaban J connectivity index is 1.51. The van der Waals surface area contributed by atoms with Crippen molar-refractivity contribution in [1.29, 1.82) is 0 Å². The Morgan fingerprint density at radius 1 is 1.05 bits per heavy atom. The number of fused-ring (bicyclic) bond motifs is 2. The number of benzene rings is 3. The Morgan fingerprint density at radius 2 is 1.82 bits per heavy atom. The number of aryl methyl sites for hydroxylation is 2. The number of ether oxygens (including phenoxy) is 4. The van der Waals surface area contributed by atoms with E-state index in [1.165, 1.54) is 16.2 Å². The topological polar surface area (TPSA) is 107 Å². The minimum Gasteiger partial charge on any atom is -0.507 e. The summed E-state index contributed by atoms with van der Waals surface area (Å²) in [5.41, 5.74) is 3.62. The zero-order valence-electron chi connectivity index (χ0n) is 25.3. The summed E-state index contributed by atoms with van der Waals surface area (Å²) in [6, 6.07) is 13.3. The number of aliphatic hydroxyl groups is 1. The van der Waals surface area contributed by atoms with Gasteiger partial charge in [-0.2, -0.15) is 0 Å². The van der Waals surface area contributed by atoms with Crippen molar-refractivity contribution in [2.24, 2.45) is 5.92 Å². The smallest absolute Gasteiger partial charge is 0.301 e. The van der Waals surface area contributed by atoms with Crippen LogP contribution >= 0.6 is 11.3 Å². The highest BCUT2D eigenvalue weighted by molar-refractivity contribution is 7.22. The average molecular weight is 615 g/mol. The van der Waals surface area contributed by atoms with Crippen LogP contribution in [0.5, 0.6) is 23.0 Å². The van der Waals surface area contributed by atoms with Crippen LogP contribution in [0.3, 0.4) is 0 Å². The van der Waals surface area contributed by atoms with Crippen LogP contribution in [0.25, 0.3) is 16.0 Å². The van der Waals surface area contributed by atoms with Gasteiger partial charge >= 0.3 is 5.91 Å². The number of Topliss-reactive ketones (excluding diaryl/α,β-unsaturated/α-hetero) is 1. The van der Waals surface area contributed by atoms with Crippen LogP contribution in [0.1, 0.15) is 48.6 Å². The molecular formula is C34H34N2O7S. The normalized spacial score (nSPS) is 17.5. The molecule has 0 bridgehead atoms. The first-order chi connectivity index (χ1) is 21.2. The lowest BCUT2D eigenvalue weighted by molar-refractivity contribution is -0.132. The van der Waals surface area contributed by atoms with Crippen molar-refractivity contribution in [3.63, 3.8) is 0 Å². The minimum atomic E-state index is -0.983. The van der Waals surface area contributed by atoms with Gasteiger partial charge in [-0.1, -0.05) is 37.3 Å². The first-order valence-electron chi connectivity index (χ1n) is 14.6. The maximum atomic E-state index is 13.8. The molecule has 6 rings (SSSR count). The number of anilines is 1. The van der Waals surface area contributed by atoms with Gasteiger partial charge < -0.3 is 24.1 Å². The lowest BCUT2D eigenvalue weighted by Gasteiger charge is -2.24. The number of aromatic nitrogens is 1. The number of carbonyl (C=O) groups is 2. The van der Waals surface area contributed by atoms with Crippen molar-refractivity contribution in [1.82, 2.24) is 4.98 Å². The molecule has 3 aromatic carbocycles. The molecule has 4 aromatic rings. The van der Waals surface area contributed by atoms with Gasteiger partial charge in [0.05, 0.1) is 35.5 Å². The third kappa shape index (κ3) is 5.34. The number of hydrogen-bond donors (Lipinski definition) is 1. The Bertz CT molecular complexity index is 1810. The average Bonchev–Trinajstić information content (AvgIpc) is 3.54. The van der Waals surface area contributed by atoms with E-state index in [4.69, 9.17) is 23.9 Å². The molecular weight excluding hydrogens is 580 g/mol. The van der Waals surface area contributed by atoms with Crippen LogP contribution in [-0.2, 0) is 9.59 Å². The van der Waals surface area contributed by atoms with Crippen molar-refractivity contribution in [3.8, 4) is 23.0 Å². The molecule has 2 aliphatic heterocycles. The fourth-order valence-electron chi connectivity index (χ4n) is 5.53. The molecule has 1 aromatic heterocycles. The van der Waals surface area contributed by atoms with Gasteiger partial charge in [-0.05, 0) is 79.3 Å². The van der Waals surface area contributed by atoms with Gasteiger partial charge in [0.15, 0.2) is 28.1 Å². The molecule has 0 spiro atoms. The predicted octanol–water partition coefficient (Wildman–Crippen LogP) is 6.74. The van der Waals surface area contributed by atoms with Crippen LogP contribution in [0, 0.1) is 19.8 Å². The number of carbonyl (C=O) groups excluding carboxylic acids is 2. The zero-order chi connectivity index (χ0) is 31.1. The number of nitrogens with zero attached hydrogens (tertiary/aromatic N) is 2. The molecule has 0 radical (unpaired) electrons. The molecule has 0 unspecified atom stereocenters. The highest BCUT2D eigenvalue weighted by Gasteiger charge is 2.48. The monoisotopic (exact) mass is 614 g/mol. The van der Waals surface area contributed by atoms with Gasteiger partial charge in [-0.25, -0.2) is 4.98 Å². The molecule has 0 aliphatic carbocycles.